The van der Waals surface area contributed by atoms with Crippen LogP contribution in [0.4, 0.5) is 11.4 Å². The Morgan fingerprint density at radius 3 is 2.07 bits per heavy atom. The summed E-state index contributed by atoms with van der Waals surface area (Å²) in [4.78, 5) is 5.07. The predicted molar refractivity (Wildman–Crippen MR) is 170 cm³/mol. The van der Waals surface area contributed by atoms with Crippen LogP contribution in [0.15, 0.2) is 143 Å². The van der Waals surface area contributed by atoms with Gasteiger partial charge in [0.15, 0.2) is 0 Å². The number of nitrogens with zero attached hydrogens (tertiary/aromatic N) is 1. The lowest BCUT2D eigenvalue weighted by atomic mass is 9.81. The fourth-order valence-corrected chi connectivity index (χ4v) is 6.15. The quantitative estimate of drug-likeness (QED) is 0.200. The predicted octanol–water partition coefficient (Wildman–Crippen LogP) is 8.44. The molecule has 0 saturated heterocycles. The van der Waals surface area contributed by atoms with Crippen molar-refractivity contribution in [1.29, 1.82) is 0 Å². The SMILES string of the molecule is Cc1ccc(C2C(C=Nc3ccccc3NS(=O)(=O)c3ccc(C)cc3)=C(c3ccccc3)Oc3ccccc32)cc1. The highest BCUT2D eigenvalue weighted by Crippen LogP contribution is 2.45. The molecule has 1 atom stereocenters. The number of rotatable bonds is 7. The van der Waals surface area contributed by atoms with Crippen LogP contribution in [-0.2, 0) is 10.0 Å². The normalized spacial score (nSPS) is 14.9. The first-order valence-corrected chi connectivity index (χ1v) is 15.2. The lowest BCUT2D eigenvalue weighted by Gasteiger charge is -2.30. The van der Waals surface area contributed by atoms with Crippen molar-refractivity contribution in [2.75, 3.05) is 4.72 Å². The molecule has 0 spiro atoms. The van der Waals surface area contributed by atoms with E-state index in [0.29, 0.717) is 17.1 Å². The fraction of sp³-hybridized carbons (Fsp3) is 0.0833. The van der Waals surface area contributed by atoms with Crippen molar-refractivity contribution in [2.24, 2.45) is 4.99 Å². The molecule has 1 aliphatic heterocycles. The second-order valence-corrected chi connectivity index (χ2v) is 12.0. The first kappa shape index (κ1) is 27.2. The monoisotopic (exact) mass is 570 g/mol. The first-order chi connectivity index (χ1) is 20.4. The zero-order chi connectivity index (χ0) is 29.1. The summed E-state index contributed by atoms with van der Waals surface area (Å²) in [5.41, 5.74) is 7.00. The molecule has 0 aliphatic carbocycles. The molecule has 5 nitrogen and oxygen atoms in total. The van der Waals surface area contributed by atoms with Crippen LogP contribution in [0.25, 0.3) is 5.76 Å². The summed E-state index contributed by atoms with van der Waals surface area (Å²) in [7, 11) is -3.81. The maximum atomic E-state index is 13.2. The van der Waals surface area contributed by atoms with Crippen LogP contribution in [0.1, 0.15) is 33.7 Å². The highest BCUT2D eigenvalue weighted by atomic mass is 32.2. The molecule has 1 heterocycles. The molecule has 1 aliphatic rings. The van der Waals surface area contributed by atoms with Crippen molar-refractivity contribution in [2.45, 2.75) is 24.7 Å². The van der Waals surface area contributed by atoms with Crippen LogP contribution in [0.5, 0.6) is 5.75 Å². The van der Waals surface area contributed by atoms with Gasteiger partial charge < -0.3 is 4.74 Å². The van der Waals surface area contributed by atoms with Gasteiger partial charge in [-0.25, -0.2) is 8.42 Å². The van der Waals surface area contributed by atoms with Gasteiger partial charge in [0.2, 0.25) is 0 Å². The van der Waals surface area contributed by atoms with Crippen LogP contribution >= 0.6 is 0 Å². The van der Waals surface area contributed by atoms with E-state index in [1.165, 1.54) is 5.56 Å². The molecule has 1 N–H and O–H groups in total. The Bertz CT molecular complexity index is 1890. The minimum absolute atomic E-state index is 0.147. The van der Waals surface area contributed by atoms with Gasteiger partial charge in [-0.15, -0.1) is 0 Å². The number of hydrogen-bond acceptors (Lipinski definition) is 4. The largest absolute Gasteiger partial charge is 0.456 e. The number of ether oxygens (including phenoxy) is 1. The van der Waals surface area contributed by atoms with E-state index in [1.54, 1.807) is 42.5 Å². The van der Waals surface area contributed by atoms with E-state index >= 15 is 0 Å². The molecular weight excluding hydrogens is 540 g/mol. The molecular formula is C36H30N2O3S. The maximum absolute atomic E-state index is 13.2. The summed E-state index contributed by atoms with van der Waals surface area (Å²) < 4.78 is 35.7. The van der Waals surface area contributed by atoms with Gasteiger partial charge >= 0.3 is 0 Å². The number of anilines is 1. The van der Waals surface area contributed by atoms with E-state index in [2.05, 4.69) is 42.0 Å². The van der Waals surface area contributed by atoms with Crippen molar-refractivity contribution >= 4 is 33.4 Å². The highest BCUT2D eigenvalue weighted by molar-refractivity contribution is 7.92. The third-order valence-electron chi connectivity index (χ3n) is 7.28. The number of benzene rings is 5. The molecule has 208 valence electrons. The third kappa shape index (κ3) is 5.62. The highest BCUT2D eigenvalue weighted by Gasteiger charge is 2.31. The summed E-state index contributed by atoms with van der Waals surface area (Å²) in [5, 5.41) is 0. The van der Waals surface area contributed by atoms with Gasteiger partial charge in [0.25, 0.3) is 10.0 Å². The Labute approximate surface area is 246 Å². The maximum Gasteiger partial charge on any atom is 0.261 e. The smallest absolute Gasteiger partial charge is 0.261 e. The third-order valence-corrected chi connectivity index (χ3v) is 8.67. The van der Waals surface area contributed by atoms with Crippen molar-refractivity contribution in [3.8, 4) is 5.75 Å². The molecule has 0 bridgehead atoms. The molecule has 0 aromatic heterocycles. The minimum Gasteiger partial charge on any atom is -0.456 e. The van der Waals surface area contributed by atoms with Crippen LogP contribution in [-0.4, -0.2) is 14.6 Å². The standard InChI is InChI=1S/C36H30N2O3S/c1-25-16-20-27(21-17-25)35-30-12-6-9-15-34(30)41-36(28-10-4-3-5-11-28)31(35)24-37-32-13-7-8-14-33(32)38-42(39,40)29-22-18-26(2)19-23-29/h3-24,35,38H,1-2H3. The Morgan fingerprint density at radius 2 is 1.33 bits per heavy atom. The lowest BCUT2D eigenvalue weighted by molar-refractivity contribution is 0.489. The summed E-state index contributed by atoms with van der Waals surface area (Å²) in [5.74, 6) is 1.36. The molecule has 0 fully saturated rings. The molecule has 42 heavy (non-hydrogen) atoms. The van der Waals surface area contributed by atoms with Crippen LogP contribution in [0.3, 0.4) is 0 Å². The number of hydrogen-bond donors (Lipinski definition) is 1. The van der Waals surface area contributed by atoms with Crippen LogP contribution in [0, 0.1) is 13.8 Å². The Kier molecular flexibility index (Phi) is 7.46. The van der Waals surface area contributed by atoms with Gasteiger partial charge in [-0.3, -0.25) is 9.71 Å². The van der Waals surface area contributed by atoms with Crippen molar-refractivity contribution in [3.05, 3.63) is 161 Å². The number of fused-ring (bicyclic) bond motifs is 1. The number of nitrogens with one attached hydrogen (secondary N) is 1. The number of aliphatic imine (C=N–C) groups is 1. The van der Waals surface area contributed by atoms with Gasteiger partial charge in [0, 0.05) is 28.8 Å². The number of allylic oxidation sites excluding steroid dienone is 1. The Balaban J connectivity index is 1.47. The average molecular weight is 571 g/mol. The van der Waals surface area contributed by atoms with Gasteiger partial charge in [-0.2, -0.15) is 0 Å². The zero-order valence-corrected chi connectivity index (χ0v) is 24.2. The Hall–Kier alpha value is -4.94. The van der Waals surface area contributed by atoms with Crippen molar-refractivity contribution in [3.63, 3.8) is 0 Å². The molecule has 5 aromatic carbocycles. The van der Waals surface area contributed by atoms with E-state index in [4.69, 9.17) is 9.73 Å². The van der Waals surface area contributed by atoms with Crippen molar-refractivity contribution < 1.29 is 13.2 Å². The summed E-state index contributed by atoms with van der Waals surface area (Å²) in [6.07, 6.45) is 1.81. The molecule has 6 rings (SSSR count). The lowest BCUT2D eigenvalue weighted by Crippen LogP contribution is -2.17. The molecule has 0 radical (unpaired) electrons. The van der Waals surface area contributed by atoms with Gasteiger partial charge in [-0.05, 0) is 49.7 Å². The molecule has 1 unspecified atom stereocenters. The molecule has 6 heteroatoms. The van der Waals surface area contributed by atoms with Crippen LogP contribution in [0.2, 0.25) is 0 Å². The van der Waals surface area contributed by atoms with E-state index in [1.807, 2.05) is 67.7 Å². The fourth-order valence-electron chi connectivity index (χ4n) is 5.08. The molecule has 0 saturated carbocycles. The topological polar surface area (TPSA) is 67.8 Å². The second kappa shape index (κ2) is 11.5. The summed E-state index contributed by atoms with van der Waals surface area (Å²) >= 11 is 0. The van der Waals surface area contributed by atoms with E-state index in [-0.39, 0.29) is 10.8 Å². The van der Waals surface area contributed by atoms with Gasteiger partial charge in [-0.1, -0.05) is 108 Å². The van der Waals surface area contributed by atoms with Gasteiger partial charge in [0.1, 0.15) is 11.5 Å². The summed E-state index contributed by atoms with van der Waals surface area (Å²) in [6, 6.07) is 40.4. The van der Waals surface area contributed by atoms with E-state index in [0.717, 1.165) is 33.6 Å². The first-order valence-electron chi connectivity index (χ1n) is 13.7. The minimum atomic E-state index is -3.81. The number of sulfonamides is 1. The van der Waals surface area contributed by atoms with Crippen LogP contribution < -0.4 is 9.46 Å². The zero-order valence-electron chi connectivity index (χ0n) is 23.4. The average Bonchev–Trinajstić information content (AvgIpc) is 3.01. The Morgan fingerprint density at radius 1 is 0.714 bits per heavy atom. The number of para-hydroxylation sites is 3. The van der Waals surface area contributed by atoms with E-state index in [9.17, 15) is 8.42 Å². The summed E-state index contributed by atoms with van der Waals surface area (Å²) in [6.45, 7) is 3.99. The molecule has 5 aromatic rings. The van der Waals surface area contributed by atoms with Gasteiger partial charge in [0.05, 0.1) is 16.3 Å². The molecule has 0 amide bonds. The number of aryl methyl sites for hydroxylation is 2. The van der Waals surface area contributed by atoms with Crippen molar-refractivity contribution in [1.82, 2.24) is 0 Å². The van der Waals surface area contributed by atoms with E-state index < -0.39 is 10.0 Å². The second-order valence-electron chi connectivity index (χ2n) is 10.3.